The number of carbonyl (C=O) groups is 2. The summed E-state index contributed by atoms with van der Waals surface area (Å²) in [5.41, 5.74) is -1.87. The molecule has 8 nitrogen and oxygen atoms in total. The fourth-order valence-electron chi connectivity index (χ4n) is 4.50. The highest BCUT2D eigenvalue weighted by molar-refractivity contribution is 5.99. The molecule has 1 unspecified atom stereocenters. The van der Waals surface area contributed by atoms with Crippen LogP contribution in [0.25, 0.3) is 0 Å². The lowest BCUT2D eigenvalue weighted by Gasteiger charge is -2.43. The molecule has 0 radical (unpaired) electrons. The highest BCUT2D eigenvalue weighted by atomic mass is 19.1. The second kappa shape index (κ2) is 11.9. The Labute approximate surface area is 212 Å². The summed E-state index contributed by atoms with van der Waals surface area (Å²) in [6, 6.07) is 0.152. The SMILES string of the molecule is C=CC[C@H]1C(CCOC)n2cc(C(=O)NCc3c(F)cc(F)cc3F)c(=O)c(OC)c2C(=O)N1CC=C. The summed E-state index contributed by atoms with van der Waals surface area (Å²) in [6.07, 6.45) is 5.30. The number of nitrogens with one attached hydrogen (secondary N) is 1. The number of rotatable bonds is 11. The van der Waals surface area contributed by atoms with Crippen molar-refractivity contribution in [3.05, 3.63) is 88.1 Å². The standard InChI is InChI=1S/C26H28F3N3O5/c1-5-7-20-21(8-10-36-3)32-14-17(23(33)24(37-4)22(32)26(35)31(20)9-6-2)25(34)30-13-16-18(28)11-15(27)12-19(16)29/h5-6,11-12,14,20-21H,1-2,7-10,13H2,3-4H3,(H,30,34)/t20-,21?/m0/s1. The molecule has 0 aliphatic carbocycles. The molecule has 0 fully saturated rings. The number of carbonyl (C=O) groups excluding carboxylic acids is 2. The molecule has 1 aliphatic rings. The fraction of sp³-hybridized carbons (Fsp3) is 0.346. The molecule has 0 saturated carbocycles. The van der Waals surface area contributed by atoms with Crippen molar-refractivity contribution in [2.45, 2.75) is 31.5 Å². The number of amides is 2. The summed E-state index contributed by atoms with van der Waals surface area (Å²) < 4.78 is 53.3. The van der Waals surface area contributed by atoms with Crippen molar-refractivity contribution in [1.29, 1.82) is 0 Å². The van der Waals surface area contributed by atoms with E-state index in [1.54, 1.807) is 17.1 Å². The van der Waals surface area contributed by atoms with E-state index < -0.39 is 64.5 Å². The van der Waals surface area contributed by atoms with E-state index in [-0.39, 0.29) is 18.0 Å². The summed E-state index contributed by atoms with van der Waals surface area (Å²) in [7, 11) is 2.73. The molecule has 1 aromatic carbocycles. The van der Waals surface area contributed by atoms with Gasteiger partial charge in [0, 0.05) is 50.7 Å². The van der Waals surface area contributed by atoms with E-state index in [9.17, 15) is 27.6 Å². The topological polar surface area (TPSA) is 89.9 Å². The average molecular weight is 520 g/mol. The molecule has 3 rings (SSSR count). The number of benzene rings is 1. The first kappa shape index (κ1) is 27.7. The first-order valence-corrected chi connectivity index (χ1v) is 11.5. The summed E-state index contributed by atoms with van der Waals surface area (Å²) in [4.78, 5) is 41.3. The van der Waals surface area contributed by atoms with Crippen LogP contribution in [0.3, 0.4) is 0 Å². The van der Waals surface area contributed by atoms with Gasteiger partial charge in [-0.05, 0) is 12.8 Å². The van der Waals surface area contributed by atoms with Crippen molar-refractivity contribution < 1.29 is 32.2 Å². The first-order valence-electron chi connectivity index (χ1n) is 11.5. The Morgan fingerprint density at radius 3 is 2.35 bits per heavy atom. The van der Waals surface area contributed by atoms with Crippen LogP contribution < -0.4 is 15.5 Å². The van der Waals surface area contributed by atoms with E-state index in [1.807, 2.05) is 0 Å². The van der Waals surface area contributed by atoms with Crippen LogP contribution in [0.4, 0.5) is 13.2 Å². The molecule has 2 amide bonds. The highest BCUT2D eigenvalue weighted by Crippen LogP contribution is 2.35. The van der Waals surface area contributed by atoms with Crippen LogP contribution >= 0.6 is 0 Å². The van der Waals surface area contributed by atoms with Crippen molar-refractivity contribution in [2.75, 3.05) is 27.4 Å². The molecule has 2 atom stereocenters. The molecule has 1 aromatic heterocycles. The molecule has 1 N–H and O–H groups in total. The van der Waals surface area contributed by atoms with E-state index in [0.29, 0.717) is 31.6 Å². The quantitative estimate of drug-likeness (QED) is 0.460. The Kier molecular flexibility index (Phi) is 8.93. The number of pyridine rings is 1. The number of aromatic nitrogens is 1. The molecule has 1 aliphatic heterocycles. The fourth-order valence-corrected chi connectivity index (χ4v) is 4.50. The number of nitrogens with zero attached hydrogens (tertiary/aromatic N) is 2. The molecule has 2 aromatic rings. The molecule has 0 bridgehead atoms. The zero-order chi connectivity index (χ0) is 27.3. The van der Waals surface area contributed by atoms with Crippen LogP contribution in [0.2, 0.25) is 0 Å². The van der Waals surface area contributed by atoms with Crippen LogP contribution in [0, 0.1) is 17.5 Å². The summed E-state index contributed by atoms with van der Waals surface area (Å²) in [5, 5.41) is 2.29. The number of hydrogen-bond donors (Lipinski definition) is 1. The third kappa shape index (κ3) is 5.46. The average Bonchev–Trinajstić information content (AvgIpc) is 2.85. The van der Waals surface area contributed by atoms with Gasteiger partial charge in [0.2, 0.25) is 5.43 Å². The normalized spacial score (nSPS) is 16.8. The van der Waals surface area contributed by atoms with Crippen molar-refractivity contribution in [1.82, 2.24) is 14.8 Å². The predicted octanol–water partition coefficient (Wildman–Crippen LogP) is 3.37. The van der Waals surface area contributed by atoms with Crippen molar-refractivity contribution >= 4 is 11.8 Å². The van der Waals surface area contributed by atoms with Gasteiger partial charge in [-0.25, -0.2) is 13.2 Å². The number of methoxy groups -OCH3 is 2. The molecular formula is C26H28F3N3O5. The van der Waals surface area contributed by atoms with Crippen molar-refractivity contribution in [3.63, 3.8) is 0 Å². The Morgan fingerprint density at radius 1 is 1.11 bits per heavy atom. The molecule has 0 spiro atoms. The van der Waals surface area contributed by atoms with Crippen LogP contribution in [0.15, 0.2) is 48.4 Å². The van der Waals surface area contributed by atoms with Crippen LogP contribution in [0.1, 0.15) is 45.3 Å². The van der Waals surface area contributed by atoms with Gasteiger partial charge < -0.3 is 24.3 Å². The van der Waals surface area contributed by atoms with Crippen LogP contribution in [-0.2, 0) is 11.3 Å². The maximum atomic E-state index is 14.0. The van der Waals surface area contributed by atoms with E-state index in [1.165, 1.54) is 25.0 Å². The van der Waals surface area contributed by atoms with E-state index in [2.05, 4.69) is 18.5 Å². The van der Waals surface area contributed by atoms with Crippen LogP contribution in [0.5, 0.6) is 5.75 Å². The number of ether oxygens (including phenoxy) is 2. The molecule has 0 saturated heterocycles. The van der Waals surface area contributed by atoms with Crippen molar-refractivity contribution in [3.8, 4) is 5.75 Å². The van der Waals surface area contributed by atoms with Crippen LogP contribution in [-0.4, -0.2) is 54.7 Å². The highest BCUT2D eigenvalue weighted by Gasteiger charge is 2.41. The lowest BCUT2D eigenvalue weighted by molar-refractivity contribution is 0.0497. The third-order valence-corrected chi connectivity index (χ3v) is 6.19. The smallest absolute Gasteiger partial charge is 0.275 e. The monoisotopic (exact) mass is 519 g/mol. The maximum absolute atomic E-state index is 14.0. The Morgan fingerprint density at radius 2 is 1.78 bits per heavy atom. The van der Waals surface area contributed by atoms with E-state index >= 15 is 0 Å². The summed E-state index contributed by atoms with van der Waals surface area (Å²) in [6.45, 7) is 7.37. The third-order valence-electron chi connectivity index (χ3n) is 6.19. The van der Waals surface area contributed by atoms with Gasteiger partial charge in [-0.15, -0.1) is 13.2 Å². The zero-order valence-electron chi connectivity index (χ0n) is 20.6. The number of hydrogen-bond acceptors (Lipinski definition) is 5. The largest absolute Gasteiger partial charge is 0.491 e. The van der Waals surface area contributed by atoms with Gasteiger partial charge in [-0.1, -0.05) is 12.2 Å². The minimum absolute atomic E-state index is 0.0389. The number of fused-ring (bicyclic) bond motifs is 1. The molecular weight excluding hydrogens is 491 g/mol. The minimum Gasteiger partial charge on any atom is -0.491 e. The van der Waals surface area contributed by atoms with Gasteiger partial charge in [0.15, 0.2) is 11.4 Å². The maximum Gasteiger partial charge on any atom is 0.275 e. The molecule has 37 heavy (non-hydrogen) atoms. The first-order chi connectivity index (χ1) is 17.7. The Bertz CT molecular complexity index is 1250. The summed E-state index contributed by atoms with van der Waals surface area (Å²) >= 11 is 0. The second-order valence-electron chi connectivity index (χ2n) is 8.38. The van der Waals surface area contributed by atoms with Crippen molar-refractivity contribution in [2.24, 2.45) is 0 Å². The molecule has 2 heterocycles. The van der Waals surface area contributed by atoms with E-state index in [0.717, 1.165) is 0 Å². The van der Waals surface area contributed by atoms with Gasteiger partial charge in [-0.2, -0.15) is 0 Å². The van der Waals surface area contributed by atoms with Gasteiger partial charge in [0.25, 0.3) is 11.8 Å². The number of halogens is 3. The molecule has 11 heteroatoms. The second-order valence-corrected chi connectivity index (χ2v) is 8.38. The Hall–Kier alpha value is -3.86. The zero-order valence-corrected chi connectivity index (χ0v) is 20.6. The van der Waals surface area contributed by atoms with Gasteiger partial charge >= 0.3 is 0 Å². The van der Waals surface area contributed by atoms with Gasteiger partial charge in [0.1, 0.15) is 23.0 Å². The molecule has 198 valence electrons. The summed E-state index contributed by atoms with van der Waals surface area (Å²) in [5.74, 6) is -5.25. The lowest BCUT2D eigenvalue weighted by atomic mass is 9.94. The Balaban J connectivity index is 2.10. The minimum atomic E-state index is -1.18. The lowest BCUT2D eigenvalue weighted by Crippen LogP contribution is -2.52. The predicted molar refractivity (Wildman–Crippen MR) is 130 cm³/mol. The van der Waals surface area contributed by atoms with E-state index in [4.69, 9.17) is 9.47 Å². The van der Waals surface area contributed by atoms with Gasteiger partial charge in [0.05, 0.1) is 19.2 Å². The van der Waals surface area contributed by atoms with Gasteiger partial charge in [-0.3, -0.25) is 14.4 Å².